The molecule has 0 amide bonds. The number of methoxy groups -OCH3 is 2. The first-order valence-corrected chi connectivity index (χ1v) is 10.5. The minimum atomic E-state index is -0.655. The van der Waals surface area contributed by atoms with Crippen LogP contribution in [0.2, 0.25) is 0 Å². The zero-order valence-corrected chi connectivity index (χ0v) is 17.5. The fourth-order valence-electron chi connectivity index (χ4n) is 4.30. The molecule has 5 rings (SSSR count). The molecule has 0 radical (unpaired) electrons. The number of benzene rings is 2. The third kappa shape index (κ3) is 3.48. The fraction of sp³-hybridized carbons (Fsp3) is 0.500. The number of hydrogen-bond acceptors (Lipinski definition) is 6. The van der Waals surface area contributed by atoms with Gasteiger partial charge in [0.2, 0.25) is 0 Å². The summed E-state index contributed by atoms with van der Waals surface area (Å²) in [5.74, 6) is 0.364. The van der Waals surface area contributed by atoms with Crippen LogP contribution in [0.4, 0.5) is 0 Å². The molecule has 0 spiro atoms. The second kappa shape index (κ2) is 7.85. The van der Waals surface area contributed by atoms with E-state index in [1.165, 1.54) is 0 Å². The Morgan fingerprint density at radius 3 is 1.40 bits per heavy atom. The predicted octanol–water partition coefficient (Wildman–Crippen LogP) is 4.20. The van der Waals surface area contributed by atoms with E-state index in [-0.39, 0.29) is 12.2 Å². The van der Waals surface area contributed by atoms with Crippen LogP contribution in [0.15, 0.2) is 48.5 Å². The Labute approximate surface area is 177 Å². The molecule has 1 saturated heterocycles. The molecular weight excluding hydrogens is 384 g/mol. The molecule has 0 N–H and O–H groups in total. The van der Waals surface area contributed by atoms with Gasteiger partial charge >= 0.3 is 0 Å². The smallest absolute Gasteiger partial charge is 0.195 e. The van der Waals surface area contributed by atoms with Gasteiger partial charge in [-0.15, -0.1) is 0 Å². The molecule has 2 saturated carbocycles. The molecule has 1 aliphatic heterocycles. The van der Waals surface area contributed by atoms with Crippen molar-refractivity contribution in [2.45, 2.75) is 62.7 Å². The van der Waals surface area contributed by atoms with Crippen molar-refractivity contribution in [3.8, 4) is 11.5 Å². The Hall–Kier alpha value is -2.12. The molecule has 0 aromatic heterocycles. The summed E-state index contributed by atoms with van der Waals surface area (Å²) in [6.45, 7) is 0.965. The zero-order valence-electron chi connectivity index (χ0n) is 17.5. The first-order valence-electron chi connectivity index (χ1n) is 10.5. The van der Waals surface area contributed by atoms with Crippen molar-refractivity contribution < 1.29 is 28.4 Å². The van der Waals surface area contributed by atoms with Gasteiger partial charge < -0.3 is 28.4 Å². The summed E-state index contributed by atoms with van der Waals surface area (Å²) >= 11 is 0. The predicted molar refractivity (Wildman–Crippen MR) is 109 cm³/mol. The Morgan fingerprint density at radius 1 is 0.700 bits per heavy atom. The van der Waals surface area contributed by atoms with E-state index in [1.807, 2.05) is 48.5 Å². The van der Waals surface area contributed by atoms with Gasteiger partial charge in [-0.05, 0) is 48.2 Å². The highest BCUT2D eigenvalue weighted by molar-refractivity contribution is 5.27. The first kappa shape index (κ1) is 19.8. The molecule has 30 heavy (non-hydrogen) atoms. The molecule has 2 aromatic rings. The number of fused-ring (bicyclic) bond motifs is 2. The second-order valence-electron chi connectivity index (χ2n) is 8.19. The van der Waals surface area contributed by atoms with Crippen molar-refractivity contribution in [2.24, 2.45) is 0 Å². The van der Waals surface area contributed by atoms with Crippen molar-refractivity contribution in [2.75, 3.05) is 14.2 Å². The zero-order chi connectivity index (χ0) is 20.6. The van der Waals surface area contributed by atoms with Crippen molar-refractivity contribution >= 4 is 0 Å². The molecule has 3 fully saturated rings. The van der Waals surface area contributed by atoms with Crippen LogP contribution in [0.25, 0.3) is 0 Å². The van der Waals surface area contributed by atoms with E-state index >= 15 is 0 Å². The molecule has 2 aliphatic carbocycles. The maximum Gasteiger partial charge on any atom is 0.195 e. The maximum absolute atomic E-state index is 6.45. The average molecular weight is 412 g/mol. The lowest BCUT2D eigenvalue weighted by Crippen LogP contribution is -2.73. The SMILES string of the molecule is COc1ccc(CO[C@@]23CC[C@@H]2O[C@]2(OCc4ccc(OC)cc4)CC[C@@H]2O3)cc1. The molecule has 6 nitrogen and oxygen atoms in total. The molecule has 1 heterocycles. The van der Waals surface area contributed by atoms with Crippen LogP contribution in [0.3, 0.4) is 0 Å². The van der Waals surface area contributed by atoms with Crippen molar-refractivity contribution in [1.29, 1.82) is 0 Å². The summed E-state index contributed by atoms with van der Waals surface area (Å²) in [5, 5.41) is 0. The first-order chi connectivity index (χ1) is 14.6. The van der Waals surface area contributed by atoms with E-state index in [1.54, 1.807) is 14.2 Å². The molecule has 0 bridgehead atoms. The highest BCUT2D eigenvalue weighted by Crippen LogP contribution is 2.55. The molecule has 4 atom stereocenters. The van der Waals surface area contributed by atoms with Gasteiger partial charge in [0.05, 0.1) is 27.4 Å². The lowest BCUT2D eigenvalue weighted by Gasteiger charge is -2.62. The molecule has 2 aromatic carbocycles. The number of ether oxygens (including phenoxy) is 6. The topological polar surface area (TPSA) is 55.4 Å². The van der Waals surface area contributed by atoms with Gasteiger partial charge in [0, 0.05) is 12.8 Å². The van der Waals surface area contributed by atoms with Crippen LogP contribution in [0, 0.1) is 0 Å². The minimum absolute atomic E-state index is 0.0943. The summed E-state index contributed by atoms with van der Waals surface area (Å²) < 4.78 is 35.8. The van der Waals surface area contributed by atoms with Crippen molar-refractivity contribution in [1.82, 2.24) is 0 Å². The Bertz CT molecular complexity index is 793. The molecule has 160 valence electrons. The summed E-state index contributed by atoms with van der Waals surface area (Å²) in [7, 11) is 3.33. The Morgan fingerprint density at radius 2 is 1.10 bits per heavy atom. The van der Waals surface area contributed by atoms with Crippen LogP contribution < -0.4 is 9.47 Å². The molecule has 0 unspecified atom stereocenters. The van der Waals surface area contributed by atoms with E-state index in [0.29, 0.717) is 13.2 Å². The van der Waals surface area contributed by atoms with Gasteiger partial charge in [-0.1, -0.05) is 24.3 Å². The maximum atomic E-state index is 6.45. The quantitative estimate of drug-likeness (QED) is 0.648. The fourth-order valence-corrected chi connectivity index (χ4v) is 4.30. The molecular formula is C24H28O6. The second-order valence-corrected chi connectivity index (χ2v) is 8.19. The minimum Gasteiger partial charge on any atom is -0.497 e. The van der Waals surface area contributed by atoms with Gasteiger partial charge in [-0.2, -0.15) is 0 Å². The van der Waals surface area contributed by atoms with Crippen LogP contribution >= 0.6 is 0 Å². The number of hydrogen-bond donors (Lipinski definition) is 0. The van der Waals surface area contributed by atoms with Gasteiger partial charge in [0.25, 0.3) is 0 Å². The average Bonchev–Trinajstić information content (AvgIpc) is 2.77. The van der Waals surface area contributed by atoms with E-state index in [9.17, 15) is 0 Å². The van der Waals surface area contributed by atoms with Gasteiger partial charge in [-0.25, -0.2) is 0 Å². The van der Waals surface area contributed by atoms with E-state index in [0.717, 1.165) is 48.3 Å². The van der Waals surface area contributed by atoms with E-state index in [4.69, 9.17) is 28.4 Å². The number of rotatable bonds is 8. The highest BCUT2D eigenvalue weighted by atomic mass is 16.8. The van der Waals surface area contributed by atoms with Crippen molar-refractivity contribution in [3.63, 3.8) is 0 Å². The Balaban J connectivity index is 1.20. The lowest BCUT2D eigenvalue weighted by atomic mass is 9.78. The monoisotopic (exact) mass is 412 g/mol. The van der Waals surface area contributed by atoms with Crippen LogP contribution in [-0.4, -0.2) is 38.0 Å². The summed E-state index contributed by atoms with van der Waals surface area (Å²) in [6, 6.07) is 15.8. The summed E-state index contributed by atoms with van der Waals surface area (Å²) in [4.78, 5) is 0. The van der Waals surface area contributed by atoms with Gasteiger partial charge in [-0.3, -0.25) is 0 Å². The van der Waals surface area contributed by atoms with E-state index in [2.05, 4.69) is 0 Å². The standard InChI is InChI=1S/C24H28O6/c1-25-19-7-3-17(4-8-19)15-27-23-13-11-21(23)30-24(14-12-22(24)29-23)28-16-18-5-9-20(26-2)10-6-18/h3-10,21-22H,11-16H2,1-2H3/t21-,22-,23+,24+/m0/s1. The molecule has 3 aliphatic rings. The normalized spacial score (nSPS) is 31.7. The third-order valence-corrected chi connectivity index (χ3v) is 6.46. The summed E-state index contributed by atoms with van der Waals surface area (Å²) in [6.07, 6.45) is 3.34. The van der Waals surface area contributed by atoms with E-state index < -0.39 is 11.6 Å². The van der Waals surface area contributed by atoms with Gasteiger partial charge in [0.15, 0.2) is 11.6 Å². The largest absolute Gasteiger partial charge is 0.497 e. The van der Waals surface area contributed by atoms with Crippen LogP contribution in [0.1, 0.15) is 36.8 Å². The van der Waals surface area contributed by atoms with Crippen molar-refractivity contribution in [3.05, 3.63) is 59.7 Å². The molecule has 6 heteroatoms. The summed E-state index contributed by atoms with van der Waals surface area (Å²) in [5.41, 5.74) is 2.17. The van der Waals surface area contributed by atoms with Gasteiger partial charge in [0.1, 0.15) is 23.7 Å². The highest BCUT2D eigenvalue weighted by Gasteiger charge is 2.66. The van der Waals surface area contributed by atoms with Crippen LogP contribution in [-0.2, 0) is 32.2 Å². The Kier molecular flexibility index (Phi) is 5.19. The lowest BCUT2D eigenvalue weighted by molar-refractivity contribution is -0.494. The van der Waals surface area contributed by atoms with Crippen LogP contribution in [0.5, 0.6) is 11.5 Å². The third-order valence-electron chi connectivity index (χ3n) is 6.46.